The van der Waals surface area contributed by atoms with Gasteiger partial charge in [0.25, 0.3) is 0 Å². The predicted molar refractivity (Wildman–Crippen MR) is 68.8 cm³/mol. The zero-order valence-electron chi connectivity index (χ0n) is 10.7. The standard InChI is InChI=1S/C14H19NO3/c1-17-14(16)5-8-15-7-4-11-2-3-13-12(10-11)6-9-18-13/h2-3,10,15H,4-9H2,1H3. The molecule has 0 spiro atoms. The van der Waals surface area contributed by atoms with Crippen molar-refractivity contribution in [2.45, 2.75) is 19.3 Å². The summed E-state index contributed by atoms with van der Waals surface area (Å²) >= 11 is 0. The van der Waals surface area contributed by atoms with Crippen LogP contribution >= 0.6 is 0 Å². The molecule has 0 atom stereocenters. The maximum absolute atomic E-state index is 10.9. The first kappa shape index (κ1) is 12.9. The van der Waals surface area contributed by atoms with Crippen molar-refractivity contribution < 1.29 is 14.3 Å². The molecule has 1 aliphatic rings. The summed E-state index contributed by atoms with van der Waals surface area (Å²) in [4.78, 5) is 10.9. The second-order valence-electron chi connectivity index (χ2n) is 4.37. The molecule has 4 heteroatoms. The minimum absolute atomic E-state index is 0.169. The Balaban J connectivity index is 1.69. The van der Waals surface area contributed by atoms with Crippen LogP contribution in [0, 0.1) is 0 Å². The second-order valence-corrected chi connectivity index (χ2v) is 4.37. The molecule has 1 heterocycles. The van der Waals surface area contributed by atoms with E-state index in [1.54, 1.807) is 0 Å². The zero-order chi connectivity index (χ0) is 12.8. The number of methoxy groups -OCH3 is 1. The lowest BCUT2D eigenvalue weighted by Gasteiger charge is -2.06. The first-order valence-electron chi connectivity index (χ1n) is 6.32. The van der Waals surface area contributed by atoms with Crippen molar-refractivity contribution in [3.05, 3.63) is 29.3 Å². The van der Waals surface area contributed by atoms with E-state index in [-0.39, 0.29) is 5.97 Å². The van der Waals surface area contributed by atoms with E-state index in [2.05, 4.69) is 22.2 Å². The van der Waals surface area contributed by atoms with E-state index in [1.165, 1.54) is 18.2 Å². The van der Waals surface area contributed by atoms with Crippen molar-refractivity contribution in [1.82, 2.24) is 5.32 Å². The van der Waals surface area contributed by atoms with Gasteiger partial charge in [-0.15, -0.1) is 0 Å². The maximum atomic E-state index is 10.9. The fourth-order valence-corrected chi connectivity index (χ4v) is 2.05. The van der Waals surface area contributed by atoms with Crippen LogP contribution in [0.3, 0.4) is 0 Å². The van der Waals surface area contributed by atoms with Gasteiger partial charge in [0.1, 0.15) is 5.75 Å². The van der Waals surface area contributed by atoms with Crippen LogP contribution in [0.1, 0.15) is 17.5 Å². The molecule has 1 N–H and O–H groups in total. The average Bonchev–Trinajstić information content (AvgIpc) is 2.85. The predicted octanol–water partition coefficient (Wildman–Crippen LogP) is 1.32. The largest absolute Gasteiger partial charge is 0.493 e. The summed E-state index contributed by atoms with van der Waals surface area (Å²) in [6.45, 7) is 2.34. The number of carbonyl (C=O) groups excluding carboxylic acids is 1. The third kappa shape index (κ3) is 3.47. The molecular formula is C14H19NO3. The molecule has 1 aromatic rings. The number of fused-ring (bicyclic) bond motifs is 1. The summed E-state index contributed by atoms with van der Waals surface area (Å²) in [5, 5.41) is 3.23. The van der Waals surface area contributed by atoms with E-state index >= 15 is 0 Å². The van der Waals surface area contributed by atoms with Crippen molar-refractivity contribution >= 4 is 5.97 Å². The fraction of sp³-hybridized carbons (Fsp3) is 0.500. The lowest BCUT2D eigenvalue weighted by atomic mass is 10.1. The Morgan fingerprint density at radius 1 is 1.44 bits per heavy atom. The van der Waals surface area contributed by atoms with Gasteiger partial charge in [-0.3, -0.25) is 4.79 Å². The van der Waals surface area contributed by atoms with E-state index < -0.39 is 0 Å². The van der Waals surface area contributed by atoms with Crippen LogP contribution in [0.25, 0.3) is 0 Å². The van der Waals surface area contributed by atoms with Crippen LogP contribution in [-0.2, 0) is 22.4 Å². The molecule has 18 heavy (non-hydrogen) atoms. The van der Waals surface area contributed by atoms with Gasteiger partial charge in [-0.1, -0.05) is 12.1 Å². The SMILES string of the molecule is COC(=O)CCNCCc1ccc2c(c1)CCO2. The first-order chi connectivity index (χ1) is 8.79. The number of rotatable bonds is 6. The average molecular weight is 249 g/mol. The Morgan fingerprint density at radius 2 is 2.33 bits per heavy atom. The first-order valence-corrected chi connectivity index (χ1v) is 6.32. The zero-order valence-corrected chi connectivity index (χ0v) is 10.7. The van der Waals surface area contributed by atoms with Crippen molar-refractivity contribution in [2.75, 3.05) is 26.8 Å². The molecule has 0 fully saturated rings. The Labute approximate surface area is 107 Å². The van der Waals surface area contributed by atoms with Gasteiger partial charge in [0.05, 0.1) is 20.1 Å². The summed E-state index contributed by atoms with van der Waals surface area (Å²) in [6, 6.07) is 6.36. The fourth-order valence-electron chi connectivity index (χ4n) is 2.05. The Kier molecular flexibility index (Phi) is 4.59. The van der Waals surface area contributed by atoms with Gasteiger partial charge in [0.15, 0.2) is 0 Å². The van der Waals surface area contributed by atoms with Crippen LogP contribution in [0.5, 0.6) is 5.75 Å². The molecule has 0 saturated carbocycles. The molecule has 0 radical (unpaired) electrons. The summed E-state index contributed by atoms with van der Waals surface area (Å²) in [5.74, 6) is 0.856. The third-order valence-electron chi connectivity index (χ3n) is 3.08. The highest BCUT2D eigenvalue weighted by atomic mass is 16.5. The van der Waals surface area contributed by atoms with Gasteiger partial charge in [0, 0.05) is 13.0 Å². The number of benzene rings is 1. The summed E-state index contributed by atoms with van der Waals surface area (Å²) < 4.78 is 10.0. The summed E-state index contributed by atoms with van der Waals surface area (Å²) in [5.41, 5.74) is 2.62. The molecule has 0 aliphatic carbocycles. The van der Waals surface area contributed by atoms with Gasteiger partial charge in [-0.05, 0) is 30.2 Å². The minimum Gasteiger partial charge on any atom is -0.493 e. The van der Waals surface area contributed by atoms with Crippen LogP contribution < -0.4 is 10.1 Å². The Hall–Kier alpha value is -1.55. The molecule has 2 rings (SSSR count). The summed E-state index contributed by atoms with van der Waals surface area (Å²) in [6.07, 6.45) is 2.40. The van der Waals surface area contributed by atoms with Gasteiger partial charge in [-0.2, -0.15) is 0 Å². The highest BCUT2D eigenvalue weighted by Gasteiger charge is 2.11. The topological polar surface area (TPSA) is 47.6 Å². The quantitative estimate of drug-likeness (QED) is 0.610. The molecule has 0 amide bonds. The summed E-state index contributed by atoms with van der Waals surface area (Å²) in [7, 11) is 1.41. The van der Waals surface area contributed by atoms with E-state index in [9.17, 15) is 4.79 Å². The third-order valence-corrected chi connectivity index (χ3v) is 3.08. The van der Waals surface area contributed by atoms with Crippen molar-refractivity contribution in [1.29, 1.82) is 0 Å². The molecule has 1 aliphatic heterocycles. The van der Waals surface area contributed by atoms with Gasteiger partial charge < -0.3 is 14.8 Å². The van der Waals surface area contributed by atoms with E-state index in [4.69, 9.17) is 4.74 Å². The molecule has 0 saturated heterocycles. The minimum atomic E-state index is -0.169. The highest BCUT2D eigenvalue weighted by molar-refractivity contribution is 5.69. The van der Waals surface area contributed by atoms with Gasteiger partial charge in [-0.25, -0.2) is 0 Å². The molecule has 1 aromatic carbocycles. The number of nitrogens with one attached hydrogen (secondary N) is 1. The molecule has 98 valence electrons. The molecule has 0 aromatic heterocycles. The Morgan fingerprint density at radius 3 is 3.17 bits per heavy atom. The normalized spacial score (nSPS) is 12.9. The number of esters is 1. The van der Waals surface area contributed by atoms with Crippen molar-refractivity contribution in [3.8, 4) is 5.75 Å². The monoisotopic (exact) mass is 249 g/mol. The van der Waals surface area contributed by atoms with Crippen LogP contribution in [0.2, 0.25) is 0 Å². The Bertz CT molecular complexity index is 418. The number of hydrogen-bond acceptors (Lipinski definition) is 4. The number of carbonyl (C=O) groups is 1. The number of ether oxygens (including phenoxy) is 2. The maximum Gasteiger partial charge on any atom is 0.306 e. The van der Waals surface area contributed by atoms with Crippen LogP contribution in [0.15, 0.2) is 18.2 Å². The lowest BCUT2D eigenvalue weighted by molar-refractivity contribution is -0.140. The van der Waals surface area contributed by atoms with Gasteiger partial charge in [0.2, 0.25) is 0 Å². The molecule has 0 bridgehead atoms. The highest BCUT2D eigenvalue weighted by Crippen LogP contribution is 2.25. The van der Waals surface area contributed by atoms with Crippen LogP contribution in [0.4, 0.5) is 0 Å². The molecule has 0 unspecified atom stereocenters. The molecular weight excluding hydrogens is 230 g/mol. The second kappa shape index (κ2) is 6.40. The lowest BCUT2D eigenvalue weighted by Crippen LogP contribution is -2.21. The molecule has 4 nitrogen and oxygen atoms in total. The number of hydrogen-bond donors (Lipinski definition) is 1. The smallest absolute Gasteiger partial charge is 0.306 e. The van der Waals surface area contributed by atoms with E-state index in [0.717, 1.165) is 31.7 Å². The van der Waals surface area contributed by atoms with Crippen molar-refractivity contribution in [2.24, 2.45) is 0 Å². The van der Waals surface area contributed by atoms with Gasteiger partial charge >= 0.3 is 5.97 Å². The van der Waals surface area contributed by atoms with Crippen LogP contribution in [-0.4, -0.2) is 32.8 Å². The van der Waals surface area contributed by atoms with Crippen molar-refractivity contribution in [3.63, 3.8) is 0 Å². The van der Waals surface area contributed by atoms with E-state index in [1.807, 2.05) is 6.07 Å². The van der Waals surface area contributed by atoms with E-state index in [0.29, 0.717) is 13.0 Å².